The number of nitrogens with two attached hydrogens (primary N) is 1. The van der Waals surface area contributed by atoms with Crippen LogP contribution in [0.15, 0.2) is 0 Å². The normalized spacial score (nSPS) is 14.4. The van der Waals surface area contributed by atoms with Crippen molar-refractivity contribution in [1.29, 1.82) is 0 Å². The van der Waals surface area contributed by atoms with Gasteiger partial charge in [-0.1, -0.05) is 6.42 Å². The molecule has 1 saturated heterocycles. The second-order valence-corrected chi connectivity index (χ2v) is 6.97. The average Bonchev–Trinajstić information content (AvgIpc) is 2.86. The fourth-order valence-corrected chi connectivity index (χ4v) is 3.75. The van der Waals surface area contributed by atoms with Crippen LogP contribution in [-0.2, 0) is 30.4 Å². The van der Waals surface area contributed by atoms with Gasteiger partial charge in [-0.2, -0.15) is 0 Å². The Bertz CT molecular complexity index is 744. The first-order chi connectivity index (χ1) is 12.9. The predicted molar refractivity (Wildman–Crippen MR) is 96.3 cm³/mol. The molecule has 2 N–H and O–H groups in total. The van der Waals surface area contributed by atoms with E-state index in [4.69, 9.17) is 10.5 Å². The highest BCUT2D eigenvalue weighted by molar-refractivity contribution is 7.18. The molecule has 0 radical (unpaired) electrons. The van der Waals surface area contributed by atoms with E-state index >= 15 is 0 Å². The van der Waals surface area contributed by atoms with Crippen molar-refractivity contribution >= 4 is 40.2 Å². The highest BCUT2D eigenvalue weighted by atomic mass is 32.1. The van der Waals surface area contributed by atoms with Gasteiger partial charge in [0.15, 0.2) is 0 Å². The summed E-state index contributed by atoms with van der Waals surface area (Å²) >= 11 is 0.854. The van der Waals surface area contributed by atoms with Crippen LogP contribution in [-0.4, -0.2) is 56.0 Å². The number of anilines is 1. The Morgan fingerprint density at radius 1 is 1.11 bits per heavy atom. The van der Waals surface area contributed by atoms with Crippen LogP contribution in [0.1, 0.15) is 51.3 Å². The molecule has 1 aliphatic rings. The van der Waals surface area contributed by atoms with Crippen LogP contribution in [0.2, 0.25) is 0 Å². The number of nitrogen functional groups attached to an aromatic ring is 1. The van der Waals surface area contributed by atoms with Crippen molar-refractivity contribution in [2.24, 2.45) is 0 Å². The molecule has 0 bridgehead atoms. The molecule has 2 heterocycles. The second-order valence-electron chi connectivity index (χ2n) is 5.92. The minimum atomic E-state index is -0.743. The van der Waals surface area contributed by atoms with Gasteiger partial charge in [-0.05, 0) is 12.8 Å². The summed E-state index contributed by atoms with van der Waals surface area (Å²) in [6, 6.07) is 0. The van der Waals surface area contributed by atoms with E-state index in [1.54, 1.807) is 0 Å². The lowest BCUT2D eigenvalue weighted by atomic mass is 10.1. The molecule has 0 spiro atoms. The van der Waals surface area contributed by atoms with Gasteiger partial charge < -0.3 is 24.8 Å². The number of carbonyl (C=O) groups excluding carboxylic acids is 4. The third-order valence-electron chi connectivity index (χ3n) is 4.16. The number of nitrogens with zero attached hydrogens (tertiary/aromatic N) is 1. The van der Waals surface area contributed by atoms with Crippen molar-refractivity contribution in [1.82, 2.24) is 4.90 Å². The zero-order valence-electron chi connectivity index (χ0n) is 15.2. The number of methoxy groups -OCH3 is 2. The van der Waals surface area contributed by atoms with Crippen molar-refractivity contribution < 1.29 is 33.4 Å². The molecular weight excluding hydrogens is 376 g/mol. The Morgan fingerprint density at radius 3 is 2.48 bits per heavy atom. The summed E-state index contributed by atoms with van der Waals surface area (Å²) in [7, 11) is 2.37. The van der Waals surface area contributed by atoms with E-state index in [1.165, 1.54) is 19.1 Å². The maximum absolute atomic E-state index is 12.2. The minimum absolute atomic E-state index is 0.0263. The van der Waals surface area contributed by atoms with E-state index in [0.29, 0.717) is 13.0 Å². The summed E-state index contributed by atoms with van der Waals surface area (Å²) in [6.07, 6.45) is 2.99. The van der Waals surface area contributed by atoms with Gasteiger partial charge in [-0.25, -0.2) is 9.59 Å². The van der Waals surface area contributed by atoms with Crippen molar-refractivity contribution in [3.05, 3.63) is 16.0 Å². The number of hydrogen-bond donors (Lipinski definition) is 1. The first-order valence-electron chi connectivity index (χ1n) is 8.40. The summed E-state index contributed by atoms with van der Waals surface area (Å²) < 4.78 is 14.6. The van der Waals surface area contributed by atoms with Crippen LogP contribution >= 0.6 is 11.3 Å². The predicted octanol–water partition coefficient (Wildman–Crippen LogP) is 1.35. The molecule has 9 nitrogen and oxygen atoms in total. The quantitative estimate of drug-likeness (QED) is 0.562. The highest BCUT2D eigenvalue weighted by Crippen LogP contribution is 2.33. The lowest BCUT2D eigenvalue weighted by Crippen LogP contribution is -2.36. The van der Waals surface area contributed by atoms with Gasteiger partial charge >= 0.3 is 17.9 Å². The molecule has 0 aliphatic carbocycles. The summed E-state index contributed by atoms with van der Waals surface area (Å²) in [5, 5.41) is 0.0657. The van der Waals surface area contributed by atoms with Crippen molar-refractivity contribution in [3.8, 4) is 0 Å². The monoisotopic (exact) mass is 398 g/mol. The molecule has 148 valence electrons. The smallest absolute Gasteiger partial charge is 0.348 e. The van der Waals surface area contributed by atoms with Crippen LogP contribution in [0.4, 0.5) is 5.00 Å². The molecule has 1 aromatic heterocycles. The van der Waals surface area contributed by atoms with Crippen LogP contribution in [0.25, 0.3) is 0 Å². The fraction of sp³-hybridized carbons (Fsp3) is 0.529. The van der Waals surface area contributed by atoms with Gasteiger partial charge in [0.2, 0.25) is 5.91 Å². The van der Waals surface area contributed by atoms with Gasteiger partial charge in [-0.3, -0.25) is 9.59 Å². The molecule has 2 rings (SSSR count). The minimum Gasteiger partial charge on any atom is -0.465 e. The molecule has 0 saturated carbocycles. The summed E-state index contributed by atoms with van der Waals surface area (Å²) in [6.45, 7) is -0.0385. The van der Waals surface area contributed by atoms with E-state index in [0.717, 1.165) is 30.6 Å². The zero-order chi connectivity index (χ0) is 20.0. The standard InChI is InChI=1S/C17H22N2O7S/c1-24-16(22)13-10(14(17(23)25-2)27-15(13)18)9-26-12(21)8-19-7-5-3-4-6-11(19)20/h3-9,18H2,1-2H3. The fourth-order valence-electron chi connectivity index (χ4n) is 2.77. The molecule has 27 heavy (non-hydrogen) atoms. The Balaban J connectivity index is 2.13. The first kappa shape index (κ1) is 20.7. The number of hydrogen-bond acceptors (Lipinski definition) is 9. The highest BCUT2D eigenvalue weighted by Gasteiger charge is 2.28. The van der Waals surface area contributed by atoms with Crippen molar-refractivity contribution in [3.63, 3.8) is 0 Å². The number of rotatable bonds is 6. The molecule has 0 atom stereocenters. The maximum atomic E-state index is 12.2. The number of esters is 3. The summed E-state index contributed by atoms with van der Waals surface area (Å²) in [4.78, 5) is 49.6. The number of amides is 1. The Hall–Kier alpha value is -2.62. The molecule has 1 aliphatic heterocycles. The van der Waals surface area contributed by atoms with Crippen molar-refractivity contribution in [2.45, 2.75) is 32.3 Å². The lowest BCUT2D eigenvalue weighted by Gasteiger charge is -2.19. The number of likely N-dealkylation sites (tertiary alicyclic amines) is 1. The van der Waals surface area contributed by atoms with Crippen LogP contribution in [0.5, 0.6) is 0 Å². The molecular formula is C17H22N2O7S. The molecule has 1 aromatic rings. The topological polar surface area (TPSA) is 125 Å². The Morgan fingerprint density at radius 2 is 1.81 bits per heavy atom. The maximum Gasteiger partial charge on any atom is 0.348 e. The summed E-state index contributed by atoms with van der Waals surface area (Å²) in [5.41, 5.74) is 5.92. The second kappa shape index (κ2) is 9.36. The third kappa shape index (κ3) is 4.97. The van der Waals surface area contributed by atoms with E-state index in [-0.39, 0.29) is 40.1 Å². The molecule has 1 amide bonds. The number of ether oxygens (including phenoxy) is 3. The van der Waals surface area contributed by atoms with Gasteiger partial charge in [0.05, 0.1) is 14.2 Å². The number of carbonyl (C=O) groups is 4. The van der Waals surface area contributed by atoms with Crippen molar-refractivity contribution in [2.75, 3.05) is 33.0 Å². The molecule has 1 fully saturated rings. The largest absolute Gasteiger partial charge is 0.465 e. The zero-order valence-corrected chi connectivity index (χ0v) is 16.1. The van der Waals surface area contributed by atoms with Gasteiger partial charge in [0, 0.05) is 18.5 Å². The van der Waals surface area contributed by atoms with Crippen LogP contribution in [0, 0.1) is 0 Å². The third-order valence-corrected chi connectivity index (χ3v) is 5.20. The average molecular weight is 398 g/mol. The van der Waals surface area contributed by atoms with E-state index in [2.05, 4.69) is 9.47 Å². The van der Waals surface area contributed by atoms with E-state index in [1.807, 2.05) is 0 Å². The Labute approximate surface area is 160 Å². The number of thiophene rings is 1. The first-order valence-corrected chi connectivity index (χ1v) is 9.21. The van der Waals surface area contributed by atoms with E-state index in [9.17, 15) is 19.2 Å². The van der Waals surface area contributed by atoms with Crippen LogP contribution in [0.3, 0.4) is 0 Å². The van der Waals surface area contributed by atoms with Gasteiger partial charge in [0.1, 0.15) is 28.6 Å². The Kier molecular flexibility index (Phi) is 7.17. The van der Waals surface area contributed by atoms with E-state index < -0.39 is 17.9 Å². The summed E-state index contributed by atoms with van der Waals surface area (Å²) in [5.74, 6) is -2.17. The van der Waals surface area contributed by atoms with Gasteiger partial charge in [-0.15, -0.1) is 11.3 Å². The SMILES string of the molecule is COC(=O)c1sc(N)c(C(=O)OC)c1COC(=O)CN1CCCCCC1=O. The lowest BCUT2D eigenvalue weighted by molar-refractivity contribution is -0.150. The van der Waals surface area contributed by atoms with Gasteiger partial charge in [0.25, 0.3) is 0 Å². The molecule has 10 heteroatoms. The molecule has 0 unspecified atom stereocenters. The van der Waals surface area contributed by atoms with Crippen LogP contribution < -0.4 is 5.73 Å². The molecule has 0 aromatic carbocycles.